The molecule has 1 fully saturated rings. The quantitative estimate of drug-likeness (QED) is 0.800. The van der Waals surface area contributed by atoms with Crippen molar-refractivity contribution in [3.05, 3.63) is 23.4 Å². The maximum absolute atomic E-state index is 12.2. The Morgan fingerprint density at radius 1 is 1.36 bits per heavy atom. The Morgan fingerprint density at radius 3 is 2.86 bits per heavy atom. The number of aryl methyl sites for hydroxylation is 2. The van der Waals surface area contributed by atoms with Gasteiger partial charge in [0.05, 0.1) is 5.54 Å². The molecular formula is C17H25N3O2. The van der Waals surface area contributed by atoms with Gasteiger partial charge in [-0.2, -0.15) is 0 Å². The van der Waals surface area contributed by atoms with Gasteiger partial charge in [0.25, 0.3) is 0 Å². The number of likely N-dealkylation sites (tertiary alicyclic amines) is 1. The number of hydrogen-bond acceptors (Lipinski definition) is 4. The third-order valence-electron chi connectivity index (χ3n) is 4.38. The van der Waals surface area contributed by atoms with Crippen LogP contribution in [-0.2, 0) is 11.2 Å². The van der Waals surface area contributed by atoms with E-state index in [2.05, 4.69) is 22.4 Å². The van der Waals surface area contributed by atoms with Crippen LogP contribution in [0.25, 0.3) is 0 Å². The average molecular weight is 303 g/mol. The lowest BCUT2D eigenvalue weighted by Gasteiger charge is -2.36. The number of ether oxygens (including phenoxy) is 1. The molecule has 2 aliphatic rings. The Bertz CT molecular complexity index is 594. The van der Waals surface area contributed by atoms with E-state index in [1.165, 1.54) is 5.56 Å². The van der Waals surface area contributed by atoms with Crippen LogP contribution in [0.4, 0.5) is 10.6 Å². The molecule has 1 amide bonds. The van der Waals surface area contributed by atoms with E-state index in [-0.39, 0.29) is 11.6 Å². The van der Waals surface area contributed by atoms with Crippen molar-refractivity contribution in [2.45, 2.75) is 58.1 Å². The van der Waals surface area contributed by atoms with Crippen molar-refractivity contribution in [1.29, 1.82) is 0 Å². The third-order valence-corrected chi connectivity index (χ3v) is 4.38. The summed E-state index contributed by atoms with van der Waals surface area (Å²) in [7, 11) is 0. The summed E-state index contributed by atoms with van der Waals surface area (Å²) in [5.41, 5.74) is 1.79. The van der Waals surface area contributed by atoms with Gasteiger partial charge in [-0.1, -0.05) is 6.07 Å². The molecule has 1 spiro atoms. The summed E-state index contributed by atoms with van der Waals surface area (Å²) < 4.78 is 5.49. The van der Waals surface area contributed by atoms with Crippen LogP contribution in [-0.4, -0.2) is 40.2 Å². The van der Waals surface area contributed by atoms with Gasteiger partial charge in [-0.15, -0.1) is 0 Å². The molecule has 0 aromatic carbocycles. The van der Waals surface area contributed by atoms with Gasteiger partial charge in [-0.05, 0) is 58.6 Å². The minimum Gasteiger partial charge on any atom is -0.444 e. The first kappa shape index (κ1) is 15.1. The Hall–Kier alpha value is -1.78. The molecule has 0 radical (unpaired) electrons. The predicted octanol–water partition coefficient (Wildman–Crippen LogP) is 3.13. The molecule has 3 rings (SSSR count). The van der Waals surface area contributed by atoms with Gasteiger partial charge in [0.15, 0.2) is 0 Å². The maximum Gasteiger partial charge on any atom is 0.410 e. The molecule has 22 heavy (non-hydrogen) atoms. The first-order valence-corrected chi connectivity index (χ1v) is 7.99. The SMILES string of the molecule is Cc1ccc2c(n1)N[C@]1(CC2)CCN(C(=O)OC(C)(C)C)C1. The van der Waals surface area contributed by atoms with Crippen molar-refractivity contribution in [2.24, 2.45) is 0 Å². The zero-order valence-corrected chi connectivity index (χ0v) is 13.9. The number of amides is 1. The van der Waals surface area contributed by atoms with Gasteiger partial charge in [0.1, 0.15) is 11.4 Å². The van der Waals surface area contributed by atoms with Crippen LogP contribution in [0.1, 0.15) is 44.9 Å². The number of carbonyl (C=O) groups is 1. The molecule has 1 atom stereocenters. The fourth-order valence-corrected chi connectivity index (χ4v) is 3.24. The lowest BCUT2D eigenvalue weighted by Crippen LogP contribution is -2.46. The fraction of sp³-hybridized carbons (Fsp3) is 0.647. The highest BCUT2D eigenvalue weighted by Crippen LogP contribution is 2.36. The van der Waals surface area contributed by atoms with Crippen LogP contribution in [0.3, 0.4) is 0 Å². The van der Waals surface area contributed by atoms with Crippen LogP contribution < -0.4 is 5.32 Å². The largest absolute Gasteiger partial charge is 0.444 e. The highest BCUT2D eigenvalue weighted by molar-refractivity contribution is 5.69. The summed E-state index contributed by atoms with van der Waals surface area (Å²) in [6, 6.07) is 4.21. The normalized spacial score (nSPS) is 24.1. The third kappa shape index (κ3) is 3.03. The summed E-state index contributed by atoms with van der Waals surface area (Å²) in [5, 5.41) is 3.60. The summed E-state index contributed by atoms with van der Waals surface area (Å²) in [6.45, 7) is 9.14. The van der Waals surface area contributed by atoms with Crippen molar-refractivity contribution in [2.75, 3.05) is 18.4 Å². The molecule has 0 saturated carbocycles. The smallest absolute Gasteiger partial charge is 0.410 e. The summed E-state index contributed by atoms with van der Waals surface area (Å²) in [4.78, 5) is 18.7. The average Bonchev–Trinajstić information content (AvgIpc) is 2.80. The molecule has 2 aliphatic heterocycles. The number of hydrogen-bond donors (Lipinski definition) is 1. The molecule has 1 N–H and O–H groups in total. The van der Waals surface area contributed by atoms with Crippen LogP contribution in [0, 0.1) is 6.92 Å². The van der Waals surface area contributed by atoms with Gasteiger partial charge < -0.3 is 15.0 Å². The lowest BCUT2D eigenvalue weighted by molar-refractivity contribution is 0.0285. The maximum atomic E-state index is 12.2. The van der Waals surface area contributed by atoms with Crippen LogP contribution in [0.15, 0.2) is 12.1 Å². The molecular weight excluding hydrogens is 278 g/mol. The van der Waals surface area contributed by atoms with E-state index in [1.807, 2.05) is 32.6 Å². The number of aromatic nitrogens is 1. The number of carbonyl (C=O) groups excluding carboxylic acids is 1. The second-order valence-electron chi connectivity index (χ2n) is 7.52. The summed E-state index contributed by atoms with van der Waals surface area (Å²) >= 11 is 0. The molecule has 0 bridgehead atoms. The minimum atomic E-state index is -0.446. The zero-order chi connectivity index (χ0) is 16.0. The number of nitrogens with zero attached hydrogens (tertiary/aromatic N) is 2. The highest BCUT2D eigenvalue weighted by atomic mass is 16.6. The summed E-state index contributed by atoms with van der Waals surface area (Å²) in [5.74, 6) is 0.984. The topological polar surface area (TPSA) is 54.5 Å². The minimum absolute atomic E-state index is 0.0509. The number of nitrogens with one attached hydrogen (secondary N) is 1. The van der Waals surface area contributed by atoms with Crippen LogP contribution in [0.5, 0.6) is 0 Å². The first-order chi connectivity index (χ1) is 10.3. The standard InChI is InChI=1S/C17H25N3O2/c1-12-5-6-13-7-8-17(19-14(13)18-12)9-10-20(11-17)15(21)22-16(2,3)4/h5-6H,7-11H2,1-4H3,(H,18,19)/t17-/m1/s1. The van der Waals surface area contributed by atoms with E-state index >= 15 is 0 Å². The molecule has 0 unspecified atom stereocenters. The molecule has 1 saturated heterocycles. The molecule has 0 aliphatic carbocycles. The Kier molecular flexibility index (Phi) is 3.54. The van der Waals surface area contributed by atoms with Crippen molar-refractivity contribution in [3.8, 4) is 0 Å². The van der Waals surface area contributed by atoms with Gasteiger partial charge in [-0.25, -0.2) is 9.78 Å². The lowest BCUT2D eigenvalue weighted by atomic mass is 9.87. The first-order valence-electron chi connectivity index (χ1n) is 7.99. The number of fused-ring (bicyclic) bond motifs is 1. The van der Waals surface area contributed by atoms with E-state index in [9.17, 15) is 4.79 Å². The number of anilines is 1. The monoisotopic (exact) mass is 303 g/mol. The summed E-state index contributed by atoms with van der Waals surface area (Å²) in [6.07, 6.45) is 2.78. The molecule has 120 valence electrons. The number of rotatable bonds is 0. The van der Waals surface area contributed by atoms with E-state index < -0.39 is 5.60 Å². The predicted molar refractivity (Wildman–Crippen MR) is 86.1 cm³/mol. The second kappa shape index (κ2) is 5.14. The van der Waals surface area contributed by atoms with E-state index in [1.54, 1.807) is 0 Å². The Balaban J connectivity index is 1.71. The van der Waals surface area contributed by atoms with Crippen molar-refractivity contribution in [3.63, 3.8) is 0 Å². The fourth-order valence-electron chi connectivity index (χ4n) is 3.24. The van der Waals surface area contributed by atoms with Crippen molar-refractivity contribution in [1.82, 2.24) is 9.88 Å². The van der Waals surface area contributed by atoms with E-state index in [0.29, 0.717) is 6.54 Å². The Morgan fingerprint density at radius 2 is 2.14 bits per heavy atom. The van der Waals surface area contributed by atoms with Gasteiger partial charge in [0, 0.05) is 18.8 Å². The molecule has 1 aromatic rings. The highest BCUT2D eigenvalue weighted by Gasteiger charge is 2.43. The molecule has 3 heterocycles. The Labute approximate surface area is 132 Å². The second-order valence-corrected chi connectivity index (χ2v) is 7.52. The van der Waals surface area contributed by atoms with E-state index in [4.69, 9.17) is 4.74 Å². The van der Waals surface area contributed by atoms with Gasteiger partial charge in [0.2, 0.25) is 0 Å². The zero-order valence-electron chi connectivity index (χ0n) is 13.9. The van der Waals surface area contributed by atoms with Gasteiger partial charge >= 0.3 is 6.09 Å². The van der Waals surface area contributed by atoms with Crippen molar-refractivity contribution >= 4 is 11.9 Å². The van der Waals surface area contributed by atoms with Crippen LogP contribution in [0.2, 0.25) is 0 Å². The van der Waals surface area contributed by atoms with Crippen molar-refractivity contribution < 1.29 is 9.53 Å². The molecule has 5 heteroatoms. The molecule has 1 aromatic heterocycles. The van der Waals surface area contributed by atoms with Gasteiger partial charge in [-0.3, -0.25) is 0 Å². The van der Waals surface area contributed by atoms with E-state index in [0.717, 1.165) is 37.3 Å². The van der Waals surface area contributed by atoms with Crippen LogP contribution >= 0.6 is 0 Å². The number of pyridine rings is 1. The molecule has 5 nitrogen and oxygen atoms in total.